The van der Waals surface area contributed by atoms with Crippen LogP contribution in [-0.4, -0.2) is 46.0 Å². The number of hydrogen-bond donors (Lipinski definition) is 1. The van der Waals surface area contributed by atoms with Crippen LogP contribution in [0.5, 0.6) is 17.4 Å². The molecule has 0 spiro atoms. The lowest BCUT2D eigenvalue weighted by atomic mass is 10.0. The Morgan fingerprint density at radius 1 is 1.12 bits per heavy atom. The van der Waals surface area contributed by atoms with E-state index in [1.54, 1.807) is 43.3 Å². The predicted molar refractivity (Wildman–Crippen MR) is 153 cm³/mol. The van der Waals surface area contributed by atoms with Crippen molar-refractivity contribution in [2.75, 3.05) is 23.8 Å². The fourth-order valence-electron chi connectivity index (χ4n) is 5.23. The van der Waals surface area contributed by atoms with Crippen molar-refractivity contribution >= 4 is 29.3 Å². The predicted octanol–water partition coefficient (Wildman–Crippen LogP) is 5.68. The van der Waals surface area contributed by atoms with Gasteiger partial charge in [-0.1, -0.05) is 12.1 Å². The summed E-state index contributed by atoms with van der Waals surface area (Å²) >= 11 is 0. The minimum Gasteiger partial charge on any atom is -0.485 e. The number of para-hydroxylation sites is 1. The topological polar surface area (TPSA) is 113 Å². The average Bonchev–Trinajstić information content (AvgIpc) is 3.70. The number of allylic oxidation sites excluding steroid dienone is 1. The third-order valence-electron chi connectivity index (χ3n) is 7.34. The molecule has 2 aromatic heterocycles. The van der Waals surface area contributed by atoms with Gasteiger partial charge in [0.15, 0.2) is 17.3 Å². The lowest BCUT2D eigenvalue weighted by Crippen LogP contribution is -2.25. The molecule has 3 heterocycles. The number of anilines is 2. The normalized spacial score (nSPS) is 14.3. The molecule has 2 N–H and O–H groups in total. The zero-order chi connectivity index (χ0) is 30.2. The number of pyridine rings is 1. The molecule has 4 aromatic rings. The summed E-state index contributed by atoms with van der Waals surface area (Å²) in [5.74, 6) is -0.511. The number of benzene rings is 2. The number of fused-ring (bicyclic) bond motifs is 1. The van der Waals surface area contributed by atoms with Crippen LogP contribution in [0.25, 0.3) is 11.8 Å². The Bertz CT molecular complexity index is 1790. The van der Waals surface area contributed by atoms with Gasteiger partial charge in [0.2, 0.25) is 11.8 Å². The maximum absolute atomic E-state index is 14.0. The number of rotatable bonds is 9. The molecule has 1 aliphatic heterocycles. The Kier molecular flexibility index (Phi) is 7.34. The number of aromatic nitrogens is 3. The van der Waals surface area contributed by atoms with E-state index in [1.807, 2.05) is 0 Å². The molecule has 1 aliphatic carbocycles. The third kappa shape index (κ3) is 5.43. The zero-order valence-electron chi connectivity index (χ0n) is 23.0. The number of Topliss-reactive ketones (excluding diaryl/α,β-unsaturated/α-hetero) is 1. The van der Waals surface area contributed by atoms with E-state index in [1.165, 1.54) is 34.1 Å². The summed E-state index contributed by atoms with van der Waals surface area (Å²) in [6.07, 6.45) is 3.11. The number of alkyl halides is 2. The first-order valence-electron chi connectivity index (χ1n) is 13.6. The third-order valence-corrected chi connectivity index (χ3v) is 7.34. The number of amides is 1. The van der Waals surface area contributed by atoms with Crippen molar-refractivity contribution < 1.29 is 32.2 Å². The number of carbonyl (C=O) groups excluding carboxylic acids is 2. The standard InChI is InChI=1S/C31H26F3N5O4/c1-17-9-28(43-25-6-3-2-5-22(25)32)36-15-24(17)39-31(35)21(14-37-39)30(41)20-10-18-12-23(38-8-4-7-29(38)40)26(13-19(18)11-20)42-16-27(33)34/h2-3,5-6,9,11-15,27H,4,7-8,10,16,35H2,1H3. The first-order chi connectivity index (χ1) is 20.7. The summed E-state index contributed by atoms with van der Waals surface area (Å²) in [5.41, 5.74) is 9.97. The Balaban J connectivity index is 1.24. The van der Waals surface area contributed by atoms with Gasteiger partial charge in [0.1, 0.15) is 18.2 Å². The number of ether oxygens (including phenoxy) is 2. The highest BCUT2D eigenvalue weighted by Crippen LogP contribution is 2.39. The van der Waals surface area contributed by atoms with Gasteiger partial charge in [-0.3, -0.25) is 9.59 Å². The highest BCUT2D eigenvalue weighted by atomic mass is 19.3. The smallest absolute Gasteiger partial charge is 0.272 e. The van der Waals surface area contributed by atoms with Crippen LogP contribution in [0.1, 0.15) is 39.9 Å². The van der Waals surface area contributed by atoms with Crippen molar-refractivity contribution in [2.24, 2.45) is 0 Å². The van der Waals surface area contributed by atoms with E-state index in [-0.39, 0.29) is 46.9 Å². The molecular formula is C31H26F3N5O4. The molecule has 0 atom stereocenters. The molecule has 12 heteroatoms. The van der Waals surface area contributed by atoms with Gasteiger partial charge in [0.05, 0.1) is 29.3 Å². The fraction of sp³-hybridized carbons (Fsp3) is 0.226. The summed E-state index contributed by atoms with van der Waals surface area (Å²) in [4.78, 5) is 31.8. The fourth-order valence-corrected chi connectivity index (χ4v) is 5.23. The van der Waals surface area contributed by atoms with E-state index in [2.05, 4.69) is 10.1 Å². The molecule has 2 aliphatic rings. The van der Waals surface area contributed by atoms with Crippen LogP contribution < -0.4 is 20.1 Å². The molecule has 1 saturated heterocycles. The minimum absolute atomic E-state index is 0.0336. The molecule has 6 rings (SSSR count). The maximum atomic E-state index is 14.0. The number of halogens is 3. The van der Waals surface area contributed by atoms with Crippen LogP contribution in [-0.2, 0) is 11.2 Å². The highest BCUT2D eigenvalue weighted by molar-refractivity contribution is 6.15. The van der Waals surface area contributed by atoms with Crippen LogP contribution in [0.15, 0.2) is 60.4 Å². The highest BCUT2D eigenvalue weighted by Gasteiger charge is 2.29. The first kappa shape index (κ1) is 28.0. The zero-order valence-corrected chi connectivity index (χ0v) is 23.0. The molecule has 43 heavy (non-hydrogen) atoms. The van der Waals surface area contributed by atoms with Crippen molar-refractivity contribution in [3.8, 4) is 23.1 Å². The molecule has 9 nitrogen and oxygen atoms in total. The summed E-state index contributed by atoms with van der Waals surface area (Å²) in [5, 5.41) is 4.31. The molecular weight excluding hydrogens is 563 g/mol. The second-order valence-electron chi connectivity index (χ2n) is 10.2. The van der Waals surface area contributed by atoms with E-state index < -0.39 is 18.8 Å². The van der Waals surface area contributed by atoms with E-state index in [4.69, 9.17) is 15.2 Å². The Morgan fingerprint density at radius 3 is 2.65 bits per heavy atom. The average molecular weight is 590 g/mol. The Morgan fingerprint density at radius 2 is 1.93 bits per heavy atom. The van der Waals surface area contributed by atoms with Crippen molar-refractivity contribution in [3.63, 3.8) is 0 Å². The number of aryl methyl sites for hydroxylation is 1. The lowest BCUT2D eigenvalue weighted by molar-refractivity contribution is -0.117. The molecule has 0 unspecified atom stereocenters. The molecule has 0 saturated carbocycles. The lowest BCUT2D eigenvalue weighted by Gasteiger charge is -2.21. The second kappa shape index (κ2) is 11.3. The number of nitrogens with two attached hydrogens (primary N) is 1. The number of hydrogen-bond acceptors (Lipinski definition) is 7. The van der Waals surface area contributed by atoms with Crippen LogP contribution in [0.4, 0.5) is 24.7 Å². The van der Waals surface area contributed by atoms with Crippen molar-refractivity contribution in [1.82, 2.24) is 14.8 Å². The van der Waals surface area contributed by atoms with Crippen LogP contribution in [0, 0.1) is 12.7 Å². The molecule has 0 radical (unpaired) electrons. The Hall–Kier alpha value is -5.13. The largest absolute Gasteiger partial charge is 0.485 e. The SMILES string of the molecule is Cc1cc(Oc2ccccc2F)ncc1-n1ncc(C(=O)C2=Cc3cc(OCC(F)F)c(N4CCCC4=O)cc3C2)c1N. The van der Waals surface area contributed by atoms with Gasteiger partial charge in [0, 0.05) is 31.0 Å². The summed E-state index contributed by atoms with van der Waals surface area (Å²) in [7, 11) is 0. The van der Waals surface area contributed by atoms with Crippen LogP contribution >= 0.6 is 0 Å². The monoisotopic (exact) mass is 589 g/mol. The van der Waals surface area contributed by atoms with Crippen LogP contribution in [0.2, 0.25) is 0 Å². The van der Waals surface area contributed by atoms with Gasteiger partial charge in [-0.25, -0.2) is 22.8 Å². The Labute approximate surface area is 244 Å². The second-order valence-corrected chi connectivity index (χ2v) is 10.2. The molecule has 220 valence electrons. The number of nitrogens with zero attached hydrogens (tertiary/aromatic N) is 4. The van der Waals surface area contributed by atoms with Gasteiger partial charge in [-0.2, -0.15) is 5.10 Å². The van der Waals surface area contributed by atoms with Crippen LogP contribution in [0.3, 0.4) is 0 Å². The quantitative estimate of drug-likeness (QED) is 0.250. The molecule has 0 bridgehead atoms. The van der Waals surface area contributed by atoms with Gasteiger partial charge >= 0.3 is 0 Å². The maximum Gasteiger partial charge on any atom is 0.272 e. The van der Waals surface area contributed by atoms with Crippen molar-refractivity contribution in [2.45, 2.75) is 32.6 Å². The van der Waals surface area contributed by atoms with Gasteiger partial charge < -0.3 is 20.1 Å². The molecule has 1 amide bonds. The summed E-state index contributed by atoms with van der Waals surface area (Å²) in [6, 6.07) is 10.9. The van der Waals surface area contributed by atoms with E-state index >= 15 is 0 Å². The van der Waals surface area contributed by atoms with Crippen molar-refractivity contribution in [3.05, 3.63) is 88.5 Å². The van der Waals surface area contributed by atoms with E-state index in [9.17, 15) is 22.8 Å². The molecule has 2 aromatic carbocycles. The van der Waals surface area contributed by atoms with E-state index in [0.29, 0.717) is 47.5 Å². The number of nitrogen functional groups attached to an aromatic ring is 1. The minimum atomic E-state index is -2.68. The van der Waals surface area contributed by atoms with Gasteiger partial charge in [-0.15, -0.1) is 0 Å². The molecule has 1 fully saturated rings. The van der Waals surface area contributed by atoms with Gasteiger partial charge in [-0.05, 0) is 60.4 Å². The van der Waals surface area contributed by atoms with E-state index in [0.717, 1.165) is 5.56 Å². The van der Waals surface area contributed by atoms with Crippen molar-refractivity contribution in [1.29, 1.82) is 0 Å². The van der Waals surface area contributed by atoms with Gasteiger partial charge in [0.25, 0.3) is 6.43 Å². The number of carbonyl (C=O) groups is 2. The summed E-state index contributed by atoms with van der Waals surface area (Å²) < 4.78 is 52.2. The first-order valence-corrected chi connectivity index (χ1v) is 13.6. The number of ketones is 1. The summed E-state index contributed by atoms with van der Waals surface area (Å²) in [6.45, 7) is 1.42.